The third-order valence-electron chi connectivity index (χ3n) is 8.26. The fourth-order valence-electron chi connectivity index (χ4n) is 5.65. The lowest BCUT2D eigenvalue weighted by Crippen LogP contribution is -2.45. The number of halogens is 2. The number of rotatable bonds is 12. The van der Waals surface area contributed by atoms with Gasteiger partial charge in [0.15, 0.2) is 5.22 Å². The summed E-state index contributed by atoms with van der Waals surface area (Å²) in [5.74, 6) is 0.648. The predicted octanol–water partition coefficient (Wildman–Crippen LogP) is 6.94. The molecular weight excluding hydrogens is 663 g/mol. The van der Waals surface area contributed by atoms with E-state index in [2.05, 4.69) is 26.8 Å². The number of para-hydroxylation sites is 1. The topological polar surface area (TPSA) is 110 Å². The van der Waals surface area contributed by atoms with Gasteiger partial charge in [-0.25, -0.2) is 14.8 Å². The van der Waals surface area contributed by atoms with Gasteiger partial charge in [0, 0.05) is 44.7 Å². The number of nitrogens with zero attached hydrogens (tertiary/aromatic N) is 4. The average Bonchev–Trinajstić information content (AvgIpc) is 3.68. The number of likely N-dealkylation sites (N-methyl/N-ethyl adjacent to an activating group) is 1. The molecule has 2 aromatic carbocycles. The summed E-state index contributed by atoms with van der Waals surface area (Å²) in [4.78, 5) is 27.4. The molecule has 47 heavy (non-hydrogen) atoms. The number of methoxy groups -OCH3 is 1. The monoisotopic (exact) mass is 696 g/mol. The van der Waals surface area contributed by atoms with Crippen LogP contribution >= 0.6 is 34.5 Å². The van der Waals surface area contributed by atoms with Gasteiger partial charge in [-0.15, -0.1) is 11.3 Å². The highest BCUT2D eigenvalue weighted by molar-refractivity contribution is 7.22. The Morgan fingerprint density at radius 2 is 1.85 bits per heavy atom. The van der Waals surface area contributed by atoms with Crippen LogP contribution in [0.1, 0.15) is 11.1 Å². The second kappa shape index (κ2) is 14.5. The second-order valence-corrected chi connectivity index (χ2v) is 13.0. The van der Waals surface area contributed by atoms with Crippen molar-refractivity contribution < 1.29 is 28.5 Å². The normalized spacial score (nSPS) is 14.7. The molecule has 0 saturated carbocycles. The standard InChI is InChI=1S/C34H34Cl2N4O6S/c1-20-22(8-9-24(30(20)36)44-17-16-40-14-12-39(2)13-15-40)28-29-32(37-19-38-33(29)47-31(28)25-10-11-27(35)45-25)46-26(34(41)42)18-21-6-4-5-7-23(21)43-3/h4-11,19,26H,12-18H2,1-3H3,(H,41,42)/t26-/m1/s1. The summed E-state index contributed by atoms with van der Waals surface area (Å²) < 4.78 is 23.7. The average molecular weight is 698 g/mol. The van der Waals surface area contributed by atoms with E-state index in [1.54, 1.807) is 25.3 Å². The summed E-state index contributed by atoms with van der Waals surface area (Å²) in [7, 11) is 3.68. The van der Waals surface area contributed by atoms with Crippen molar-refractivity contribution in [2.24, 2.45) is 0 Å². The van der Waals surface area contributed by atoms with E-state index in [4.69, 9.17) is 41.8 Å². The molecule has 0 radical (unpaired) electrons. The summed E-state index contributed by atoms with van der Waals surface area (Å²) in [5.41, 5.74) is 2.92. The molecule has 0 aliphatic carbocycles. The molecule has 1 N–H and O–H groups in total. The van der Waals surface area contributed by atoms with Gasteiger partial charge in [0.05, 0.1) is 22.4 Å². The zero-order valence-electron chi connectivity index (χ0n) is 26.2. The first-order valence-corrected chi connectivity index (χ1v) is 16.7. The van der Waals surface area contributed by atoms with E-state index in [9.17, 15) is 9.90 Å². The molecule has 0 spiro atoms. The van der Waals surface area contributed by atoms with Gasteiger partial charge < -0.3 is 28.6 Å². The Morgan fingerprint density at radius 3 is 2.57 bits per heavy atom. The number of hydrogen-bond acceptors (Lipinski definition) is 10. The summed E-state index contributed by atoms with van der Waals surface area (Å²) in [5, 5.41) is 11.4. The third kappa shape index (κ3) is 7.19. The van der Waals surface area contributed by atoms with Crippen molar-refractivity contribution in [1.29, 1.82) is 0 Å². The number of piperazine rings is 1. The number of furan rings is 1. The molecular formula is C34H34Cl2N4O6S. The number of aromatic nitrogens is 2. The summed E-state index contributed by atoms with van der Waals surface area (Å²) in [6.45, 7) is 7.31. The minimum atomic E-state index is -1.26. The van der Waals surface area contributed by atoms with Crippen molar-refractivity contribution >= 4 is 50.7 Å². The van der Waals surface area contributed by atoms with E-state index in [0.29, 0.717) is 50.2 Å². The number of hydrogen-bond donors (Lipinski definition) is 1. The van der Waals surface area contributed by atoms with Crippen molar-refractivity contribution in [3.05, 3.63) is 76.2 Å². The van der Waals surface area contributed by atoms with Gasteiger partial charge in [-0.3, -0.25) is 4.90 Å². The van der Waals surface area contributed by atoms with E-state index in [1.165, 1.54) is 17.7 Å². The fraction of sp³-hybridized carbons (Fsp3) is 0.324. The van der Waals surface area contributed by atoms with Crippen molar-refractivity contribution in [2.45, 2.75) is 19.4 Å². The molecule has 1 aliphatic heterocycles. The molecule has 4 heterocycles. The van der Waals surface area contributed by atoms with E-state index in [0.717, 1.165) is 48.7 Å². The molecule has 1 atom stereocenters. The quantitative estimate of drug-likeness (QED) is 0.147. The maximum Gasteiger partial charge on any atom is 0.345 e. The van der Waals surface area contributed by atoms with Gasteiger partial charge in [-0.05, 0) is 66.5 Å². The maximum absolute atomic E-state index is 12.5. The summed E-state index contributed by atoms with van der Waals surface area (Å²) >= 11 is 14.5. The van der Waals surface area contributed by atoms with Gasteiger partial charge in [-0.2, -0.15) is 0 Å². The molecule has 0 unspecified atom stereocenters. The molecule has 0 bridgehead atoms. The van der Waals surface area contributed by atoms with Crippen molar-refractivity contribution in [3.8, 4) is 39.1 Å². The first-order chi connectivity index (χ1) is 22.7. The van der Waals surface area contributed by atoms with Crippen molar-refractivity contribution in [3.63, 3.8) is 0 Å². The molecule has 1 fully saturated rings. The largest absolute Gasteiger partial charge is 0.496 e. The Hall–Kier alpha value is -3.87. The molecule has 10 nitrogen and oxygen atoms in total. The molecule has 5 aromatic rings. The third-order valence-corrected chi connectivity index (χ3v) is 10.0. The highest BCUT2D eigenvalue weighted by atomic mass is 35.5. The summed E-state index contributed by atoms with van der Waals surface area (Å²) in [6, 6.07) is 14.5. The molecule has 0 amide bonds. The van der Waals surface area contributed by atoms with Crippen LogP contribution in [0.25, 0.3) is 32.0 Å². The van der Waals surface area contributed by atoms with Crippen molar-refractivity contribution in [2.75, 3.05) is 53.5 Å². The molecule has 1 aliphatic rings. The van der Waals surface area contributed by atoms with Crippen LogP contribution in [0, 0.1) is 6.92 Å². The zero-order valence-corrected chi connectivity index (χ0v) is 28.5. The maximum atomic E-state index is 12.5. The van der Waals surface area contributed by atoms with Crippen LogP contribution in [0.4, 0.5) is 0 Å². The molecule has 13 heteroatoms. The second-order valence-electron chi connectivity index (χ2n) is 11.3. The minimum Gasteiger partial charge on any atom is -0.496 e. The number of carboxylic acid groups (broad SMARTS) is 1. The number of aliphatic carboxylic acids is 1. The molecule has 3 aromatic heterocycles. The van der Waals surface area contributed by atoms with E-state index >= 15 is 0 Å². The first-order valence-electron chi connectivity index (χ1n) is 15.1. The number of benzene rings is 2. The predicted molar refractivity (Wildman–Crippen MR) is 183 cm³/mol. The SMILES string of the molecule is COc1ccccc1C[C@@H](Oc1ncnc2sc(-c3ccc(Cl)o3)c(-c3ccc(OCCN4CCN(C)CC4)c(Cl)c3C)c12)C(=O)O. The number of thiophene rings is 1. The van der Waals surface area contributed by atoms with Crippen LogP contribution in [0.5, 0.6) is 17.4 Å². The number of carbonyl (C=O) groups is 1. The highest BCUT2D eigenvalue weighted by Gasteiger charge is 2.29. The van der Waals surface area contributed by atoms with Gasteiger partial charge in [-0.1, -0.05) is 35.9 Å². The van der Waals surface area contributed by atoms with Gasteiger partial charge >= 0.3 is 5.97 Å². The van der Waals surface area contributed by atoms with Crippen LogP contribution < -0.4 is 14.2 Å². The molecule has 1 saturated heterocycles. The van der Waals surface area contributed by atoms with Gasteiger partial charge in [0.25, 0.3) is 0 Å². The van der Waals surface area contributed by atoms with Crippen LogP contribution in [-0.2, 0) is 11.2 Å². The van der Waals surface area contributed by atoms with Crippen LogP contribution in [0.15, 0.2) is 59.3 Å². The lowest BCUT2D eigenvalue weighted by atomic mass is 9.97. The van der Waals surface area contributed by atoms with Crippen molar-refractivity contribution in [1.82, 2.24) is 19.8 Å². The number of ether oxygens (including phenoxy) is 3. The molecule has 6 rings (SSSR count). The van der Waals surface area contributed by atoms with Crippen LogP contribution in [0.2, 0.25) is 10.2 Å². The number of carboxylic acids is 1. The molecule has 246 valence electrons. The Bertz CT molecular complexity index is 1890. The Balaban J connectivity index is 1.38. The summed E-state index contributed by atoms with van der Waals surface area (Å²) in [6.07, 6.45) is 0.144. The van der Waals surface area contributed by atoms with Gasteiger partial charge in [0.1, 0.15) is 35.0 Å². The smallest absolute Gasteiger partial charge is 0.345 e. The fourth-order valence-corrected chi connectivity index (χ4v) is 7.12. The lowest BCUT2D eigenvalue weighted by molar-refractivity contribution is -0.145. The van der Waals surface area contributed by atoms with E-state index in [1.807, 2.05) is 37.3 Å². The Morgan fingerprint density at radius 1 is 1.06 bits per heavy atom. The van der Waals surface area contributed by atoms with E-state index < -0.39 is 12.1 Å². The lowest BCUT2D eigenvalue weighted by Gasteiger charge is -2.32. The number of fused-ring (bicyclic) bond motifs is 1. The highest BCUT2D eigenvalue weighted by Crippen LogP contribution is 2.50. The van der Waals surface area contributed by atoms with Crippen LogP contribution in [-0.4, -0.2) is 90.4 Å². The van der Waals surface area contributed by atoms with Crippen LogP contribution in [0.3, 0.4) is 0 Å². The van der Waals surface area contributed by atoms with E-state index in [-0.39, 0.29) is 17.5 Å². The first kappa shape index (κ1) is 33.0. The van der Waals surface area contributed by atoms with Gasteiger partial charge in [0.2, 0.25) is 12.0 Å². The minimum absolute atomic E-state index is 0.0516. The zero-order chi connectivity index (χ0) is 33.1. The Labute approximate surface area is 286 Å². The Kier molecular flexibility index (Phi) is 10.2.